The van der Waals surface area contributed by atoms with Crippen LogP contribution in [0.3, 0.4) is 0 Å². The molecule has 0 bridgehead atoms. The predicted molar refractivity (Wildman–Crippen MR) is 88.7 cm³/mol. The molecule has 0 saturated carbocycles. The lowest BCUT2D eigenvalue weighted by Gasteiger charge is -2.28. The van der Waals surface area contributed by atoms with Crippen molar-refractivity contribution >= 4 is 11.8 Å². The molecule has 1 fully saturated rings. The lowest BCUT2D eigenvalue weighted by molar-refractivity contribution is 0.0600. The van der Waals surface area contributed by atoms with E-state index in [-0.39, 0.29) is 5.82 Å². The summed E-state index contributed by atoms with van der Waals surface area (Å²) in [5, 5.41) is 0. The lowest BCUT2D eigenvalue weighted by atomic mass is 10.1. The molecule has 2 aromatic rings. The number of carbonyl (C=O) groups excluding carboxylic acids is 1. The SMILES string of the molecule is COC(=O)c1cc(-c2ccc(C)cc2F)nc(N2CCOCC2)c1. The number of pyridine rings is 1. The van der Waals surface area contributed by atoms with Crippen LogP contribution in [0, 0.1) is 12.7 Å². The van der Waals surface area contributed by atoms with Crippen LogP contribution < -0.4 is 4.90 Å². The van der Waals surface area contributed by atoms with Crippen LogP contribution >= 0.6 is 0 Å². The minimum atomic E-state index is -0.472. The van der Waals surface area contributed by atoms with Gasteiger partial charge in [0.2, 0.25) is 0 Å². The molecule has 1 aromatic heterocycles. The summed E-state index contributed by atoms with van der Waals surface area (Å²) in [6, 6.07) is 8.18. The van der Waals surface area contributed by atoms with E-state index in [9.17, 15) is 9.18 Å². The molecule has 1 aromatic carbocycles. The summed E-state index contributed by atoms with van der Waals surface area (Å²) in [4.78, 5) is 18.6. The van der Waals surface area contributed by atoms with Crippen LogP contribution in [0.15, 0.2) is 30.3 Å². The van der Waals surface area contributed by atoms with Gasteiger partial charge in [-0.1, -0.05) is 6.07 Å². The molecule has 1 aliphatic heterocycles. The van der Waals surface area contributed by atoms with Crippen LogP contribution in [0.4, 0.5) is 10.2 Å². The van der Waals surface area contributed by atoms with Crippen LogP contribution in [-0.2, 0) is 9.47 Å². The lowest BCUT2D eigenvalue weighted by Crippen LogP contribution is -2.37. The Bertz CT molecular complexity index is 758. The quantitative estimate of drug-likeness (QED) is 0.810. The highest BCUT2D eigenvalue weighted by molar-refractivity contribution is 5.91. The first kappa shape index (κ1) is 16.4. The van der Waals surface area contributed by atoms with Crippen molar-refractivity contribution in [3.05, 3.63) is 47.3 Å². The Labute approximate surface area is 140 Å². The minimum absolute atomic E-state index is 0.351. The molecule has 126 valence electrons. The highest BCUT2D eigenvalue weighted by atomic mass is 19.1. The van der Waals surface area contributed by atoms with Crippen molar-refractivity contribution < 1.29 is 18.7 Å². The molecule has 1 aliphatic rings. The fourth-order valence-corrected chi connectivity index (χ4v) is 2.67. The molecule has 0 spiro atoms. The molecule has 6 heteroatoms. The number of carbonyl (C=O) groups is 1. The van der Waals surface area contributed by atoms with Crippen molar-refractivity contribution in [1.82, 2.24) is 4.98 Å². The zero-order valence-corrected chi connectivity index (χ0v) is 13.7. The molecule has 0 aliphatic carbocycles. The Hall–Kier alpha value is -2.47. The zero-order valence-electron chi connectivity index (χ0n) is 13.7. The molecule has 0 unspecified atom stereocenters. The maximum atomic E-state index is 14.3. The van der Waals surface area contributed by atoms with Gasteiger partial charge in [0.05, 0.1) is 31.6 Å². The summed E-state index contributed by atoms with van der Waals surface area (Å²) in [6.45, 7) is 4.36. The maximum absolute atomic E-state index is 14.3. The number of morpholine rings is 1. The van der Waals surface area contributed by atoms with Crippen molar-refractivity contribution in [3.63, 3.8) is 0 Å². The van der Waals surface area contributed by atoms with Gasteiger partial charge in [0.1, 0.15) is 11.6 Å². The molecule has 1 saturated heterocycles. The Morgan fingerprint density at radius 3 is 2.67 bits per heavy atom. The number of methoxy groups -OCH3 is 1. The number of hydrogen-bond donors (Lipinski definition) is 0. The molecule has 3 rings (SSSR count). The van der Waals surface area contributed by atoms with Gasteiger partial charge in [-0.15, -0.1) is 0 Å². The molecule has 0 atom stereocenters. The number of benzene rings is 1. The zero-order chi connectivity index (χ0) is 17.1. The standard InChI is InChI=1S/C18H19FN2O3/c1-12-3-4-14(15(19)9-12)16-10-13(18(22)23-2)11-17(20-16)21-5-7-24-8-6-21/h3-4,9-11H,5-8H2,1-2H3. The number of hydrogen-bond acceptors (Lipinski definition) is 5. The fourth-order valence-electron chi connectivity index (χ4n) is 2.67. The fraction of sp³-hybridized carbons (Fsp3) is 0.333. The monoisotopic (exact) mass is 330 g/mol. The first-order valence-corrected chi connectivity index (χ1v) is 7.78. The van der Waals surface area contributed by atoms with Crippen LogP contribution in [0.1, 0.15) is 15.9 Å². The average Bonchev–Trinajstić information content (AvgIpc) is 2.61. The molecule has 2 heterocycles. The summed E-state index contributed by atoms with van der Waals surface area (Å²) in [7, 11) is 1.32. The average molecular weight is 330 g/mol. The normalized spacial score (nSPS) is 14.5. The third-order valence-corrected chi connectivity index (χ3v) is 3.97. The smallest absolute Gasteiger partial charge is 0.338 e. The number of aromatic nitrogens is 1. The number of rotatable bonds is 3. The van der Waals surface area contributed by atoms with Gasteiger partial charge in [0.25, 0.3) is 0 Å². The number of halogens is 1. The van der Waals surface area contributed by atoms with E-state index in [1.165, 1.54) is 13.2 Å². The molecular formula is C18H19FN2O3. The largest absolute Gasteiger partial charge is 0.465 e. The van der Waals surface area contributed by atoms with E-state index in [1.807, 2.05) is 17.9 Å². The topological polar surface area (TPSA) is 51.7 Å². The van der Waals surface area contributed by atoms with Gasteiger partial charge < -0.3 is 14.4 Å². The summed E-state index contributed by atoms with van der Waals surface area (Å²) >= 11 is 0. The number of anilines is 1. The second-order valence-electron chi connectivity index (χ2n) is 5.67. The van der Waals surface area contributed by atoms with E-state index in [0.717, 1.165) is 5.56 Å². The van der Waals surface area contributed by atoms with Gasteiger partial charge in [-0.05, 0) is 36.8 Å². The molecule has 0 amide bonds. The van der Waals surface area contributed by atoms with E-state index in [2.05, 4.69) is 4.98 Å². The van der Waals surface area contributed by atoms with Crippen LogP contribution in [-0.4, -0.2) is 44.4 Å². The van der Waals surface area contributed by atoms with Gasteiger partial charge >= 0.3 is 5.97 Å². The summed E-state index contributed by atoms with van der Waals surface area (Å²) < 4.78 is 24.5. The first-order valence-electron chi connectivity index (χ1n) is 7.78. The Morgan fingerprint density at radius 1 is 1.25 bits per heavy atom. The van der Waals surface area contributed by atoms with E-state index in [0.29, 0.717) is 48.9 Å². The van der Waals surface area contributed by atoms with Crippen molar-refractivity contribution in [3.8, 4) is 11.3 Å². The van der Waals surface area contributed by atoms with Crippen molar-refractivity contribution in [2.24, 2.45) is 0 Å². The number of ether oxygens (including phenoxy) is 2. The highest BCUT2D eigenvalue weighted by Gasteiger charge is 2.18. The van der Waals surface area contributed by atoms with Gasteiger partial charge in [0.15, 0.2) is 0 Å². The minimum Gasteiger partial charge on any atom is -0.465 e. The van der Waals surface area contributed by atoms with E-state index >= 15 is 0 Å². The summed E-state index contributed by atoms with van der Waals surface area (Å²) in [5.74, 6) is -0.214. The third-order valence-electron chi connectivity index (χ3n) is 3.97. The Morgan fingerprint density at radius 2 is 2.00 bits per heavy atom. The molecule has 0 N–H and O–H groups in total. The summed E-state index contributed by atoms with van der Waals surface area (Å²) in [5.41, 5.74) is 1.95. The van der Waals surface area contributed by atoms with Crippen molar-refractivity contribution in [1.29, 1.82) is 0 Å². The second-order valence-corrected chi connectivity index (χ2v) is 5.67. The van der Waals surface area contributed by atoms with Crippen LogP contribution in [0.25, 0.3) is 11.3 Å². The molecular weight excluding hydrogens is 311 g/mol. The first-order chi connectivity index (χ1) is 11.6. The van der Waals surface area contributed by atoms with Crippen molar-refractivity contribution in [2.75, 3.05) is 38.3 Å². The number of nitrogens with zero attached hydrogens (tertiary/aromatic N) is 2. The van der Waals surface area contributed by atoms with Crippen molar-refractivity contribution in [2.45, 2.75) is 6.92 Å². The van der Waals surface area contributed by atoms with Gasteiger partial charge in [-0.3, -0.25) is 0 Å². The second kappa shape index (κ2) is 6.97. The van der Waals surface area contributed by atoms with Gasteiger partial charge in [-0.25, -0.2) is 14.2 Å². The van der Waals surface area contributed by atoms with Gasteiger partial charge in [0, 0.05) is 18.7 Å². The van der Waals surface area contributed by atoms with E-state index in [1.54, 1.807) is 18.2 Å². The highest BCUT2D eigenvalue weighted by Crippen LogP contribution is 2.27. The van der Waals surface area contributed by atoms with E-state index in [4.69, 9.17) is 9.47 Å². The molecule has 0 radical (unpaired) electrons. The maximum Gasteiger partial charge on any atom is 0.338 e. The number of aryl methyl sites for hydroxylation is 1. The number of esters is 1. The predicted octanol–water partition coefficient (Wildman–Crippen LogP) is 2.82. The van der Waals surface area contributed by atoms with Gasteiger partial charge in [-0.2, -0.15) is 0 Å². The Kier molecular flexibility index (Phi) is 4.76. The molecule has 5 nitrogen and oxygen atoms in total. The summed E-state index contributed by atoms with van der Waals surface area (Å²) in [6.07, 6.45) is 0. The van der Waals surface area contributed by atoms with Crippen LogP contribution in [0.2, 0.25) is 0 Å². The van der Waals surface area contributed by atoms with Crippen LogP contribution in [0.5, 0.6) is 0 Å². The molecule has 24 heavy (non-hydrogen) atoms. The Balaban J connectivity index is 2.08. The van der Waals surface area contributed by atoms with E-state index < -0.39 is 5.97 Å². The third kappa shape index (κ3) is 3.38.